The zero-order chi connectivity index (χ0) is 10.0. The van der Waals surface area contributed by atoms with Gasteiger partial charge in [0.05, 0.1) is 10.6 Å². The molecule has 0 aliphatic carbocycles. The summed E-state index contributed by atoms with van der Waals surface area (Å²) in [6.45, 7) is 1.41. The van der Waals surface area contributed by atoms with Gasteiger partial charge in [0.25, 0.3) is 0 Å². The molecular formula is C8H9NO3S. The predicted octanol–water partition coefficient (Wildman–Crippen LogP) is 1.05. The Balaban J connectivity index is 3.20. The third-order valence-corrected chi connectivity index (χ3v) is 2.35. The highest BCUT2D eigenvalue weighted by molar-refractivity contribution is 7.79. The first-order valence-electron chi connectivity index (χ1n) is 3.53. The minimum absolute atomic E-state index is 0.123. The van der Waals surface area contributed by atoms with Crippen molar-refractivity contribution in [2.75, 3.05) is 5.73 Å². The Morgan fingerprint density at radius 1 is 1.54 bits per heavy atom. The second kappa shape index (κ2) is 3.68. The fourth-order valence-corrected chi connectivity index (χ4v) is 1.37. The maximum absolute atomic E-state index is 10.9. The molecule has 5 heteroatoms. The van der Waals surface area contributed by atoms with Crippen LogP contribution >= 0.6 is 0 Å². The summed E-state index contributed by atoms with van der Waals surface area (Å²) in [5, 5.41) is 0. The van der Waals surface area contributed by atoms with E-state index >= 15 is 0 Å². The van der Waals surface area contributed by atoms with Crippen LogP contribution in [0.2, 0.25) is 0 Å². The first-order chi connectivity index (χ1) is 6.02. The maximum atomic E-state index is 10.9. The van der Waals surface area contributed by atoms with Gasteiger partial charge in [-0.05, 0) is 25.1 Å². The van der Waals surface area contributed by atoms with Crippen LogP contribution in [-0.2, 0) is 11.1 Å². The van der Waals surface area contributed by atoms with Crippen LogP contribution < -0.4 is 5.73 Å². The number of carbonyl (C=O) groups is 1. The summed E-state index contributed by atoms with van der Waals surface area (Å²) in [7, 11) is 0. The van der Waals surface area contributed by atoms with Crippen LogP contribution in [0.3, 0.4) is 0 Å². The summed E-state index contributed by atoms with van der Waals surface area (Å²) in [4.78, 5) is 11.0. The third-order valence-electron chi connectivity index (χ3n) is 1.60. The maximum Gasteiger partial charge on any atom is 0.188 e. The van der Waals surface area contributed by atoms with E-state index in [0.717, 1.165) is 0 Å². The monoisotopic (exact) mass is 199 g/mol. The summed E-state index contributed by atoms with van der Waals surface area (Å²) < 4.78 is 19.4. The highest BCUT2D eigenvalue weighted by Gasteiger charge is 2.07. The SMILES string of the molecule is CC(=O)c1ccc(S(=O)O)c(N)c1. The van der Waals surface area contributed by atoms with Crippen molar-refractivity contribution in [3.05, 3.63) is 23.8 Å². The molecule has 0 fully saturated rings. The van der Waals surface area contributed by atoms with E-state index in [4.69, 9.17) is 10.3 Å². The average Bonchev–Trinajstić information content (AvgIpc) is 2.03. The molecule has 1 aromatic rings. The Hall–Kier alpha value is -1.20. The zero-order valence-electron chi connectivity index (χ0n) is 6.98. The minimum Gasteiger partial charge on any atom is -0.398 e. The van der Waals surface area contributed by atoms with Gasteiger partial charge in [0, 0.05) is 5.56 Å². The lowest BCUT2D eigenvalue weighted by atomic mass is 10.1. The minimum atomic E-state index is -2.10. The molecule has 0 radical (unpaired) electrons. The number of hydrogen-bond donors (Lipinski definition) is 2. The molecule has 0 aromatic heterocycles. The van der Waals surface area contributed by atoms with E-state index in [9.17, 15) is 9.00 Å². The molecule has 0 saturated carbocycles. The van der Waals surface area contributed by atoms with Crippen LogP contribution in [0.15, 0.2) is 23.1 Å². The van der Waals surface area contributed by atoms with Gasteiger partial charge in [-0.1, -0.05) is 0 Å². The molecule has 1 atom stereocenters. The van der Waals surface area contributed by atoms with E-state index in [-0.39, 0.29) is 16.4 Å². The standard InChI is InChI=1S/C8H9NO3S/c1-5(10)6-2-3-8(13(11)12)7(9)4-6/h2-4H,9H2,1H3,(H,11,12). The summed E-state index contributed by atoms with van der Waals surface area (Å²) in [6.07, 6.45) is 0. The highest BCUT2D eigenvalue weighted by atomic mass is 32.2. The number of rotatable bonds is 2. The van der Waals surface area contributed by atoms with E-state index in [2.05, 4.69) is 0 Å². The number of hydrogen-bond acceptors (Lipinski definition) is 3. The van der Waals surface area contributed by atoms with Crippen LogP contribution in [0.25, 0.3) is 0 Å². The van der Waals surface area contributed by atoms with E-state index in [1.807, 2.05) is 0 Å². The molecule has 0 bridgehead atoms. The normalized spacial score (nSPS) is 12.5. The van der Waals surface area contributed by atoms with Crippen molar-refractivity contribution in [2.45, 2.75) is 11.8 Å². The van der Waals surface area contributed by atoms with Gasteiger partial charge >= 0.3 is 0 Å². The number of anilines is 1. The molecule has 13 heavy (non-hydrogen) atoms. The van der Waals surface area contributed by atoms with Crippen LogP contribution in [0.1, 0.15) is 17.3 Å². The van der Waals surface area contributed by atoms with Gasteiger partial charge in [-0.25, -0.2) is 4.21 Å². The summed E-state index contributed by atoms with van der Waals surface area (Å²) in [5.74, 6) is -0.123. The number of ketones is 1. The Bertz CT molecular complexity index is 376. The molecular weight excluding hydrogens is 190 g/mol. The first kappa shape index (κ1) is 9.88. The van der Waals surface area contributed by atoms with E-state index in [0.29, 0.717) is 5.56 Å². The Morgan fingerprint density at radius 2 is 2.15 bits per heavy atom. The number of nitrogen functional groups attached to an aromatic ring is 1. The van der Waals surface area contributed by atoms with Gasteiger partial charge in [0.1, 0.15) is 0 Å². The van der Waals surface area contributed by atoms with Crippen LogP contribution in [0, 0.1) is 0 Å². The molecule has 70 valence electrons. The fourth-order valence-electron chi connectivity index (χ4n) is 0.926. The molecule has 1 rings (SSSR count). The van der Waals surface area contributed by atoms with Gasteiger partial charge in [-0.15, -0.1) is 0 Å². The smallest absolute Gasteiger partial charge is 0.188 e. The molecule has 1 unspecified atom stereocenters. The van der Waals surface area contributed by atoms with Crippen molar-refractivity contribution in [3.63, 3.8) is 0 Å². The summed E-state index contributed by atoms with van der Waals surface area (Å²) >= 11 is -2.10. The molecule has 4 nitrogen and oxygen atoms in total. The number of Topliss-reactive ketones (excluding diaryl/α,β-unsaturated/α-hetero) is 1. The topological polar surface area (TPSA) is 80.4 Å². The van der Waals surface area contributed by atoms with Crippen molar-refractivity contribution in [3.8, 4) is 0 Å². The number of nitrogens with two attached hydrogens (primary N) is 1. The van der Waals surface area contributed by atoms with Crippen LogP contribution in [0.5, 0.6) is 0 Å². The molecule has 0 amide bonds. The number of carbonyl (C=O) groups excluding carboxylic acids is 1. The van der Waals surface area contributed by atoms with E-state index in [1.165, 1.54) is 25.1 Å². The van der Waals surface area contributed by atoms with Gasteiger partial charge in [0.15, 0.2) is 16.9 Å². The second-order valence-electron chi connectivity index (χ2n) is 2.56. The molecule has 0 saturated heterocycles. The Labute approximate surface area is 78.0 Å². The third kappa shape index (κ3) is 2.13. The second-order valence-corrected chi connectivity index (χ2v) is 3.50. The Kier molecular flexibility index (Phi) is 2.79. The molecule has 0 spiro atoms. The summed E-state index contributed by atoms with van der Waals surface area (Å²) in [6, 6.07) is 4.25. The fraction of sp³-hybridized carbons (Fsp3) is 0.125. The number of benzene rings is 1. The quantitative estimate of drug-likeness (QED) is 0.424. The van der Waals surface area contributed by atoms with Crippen molar-refractivity contribution in [1.29, 1.82) is 0 Å². The molecule has 0 aliphatic rings. The Morgan fingerprint density at radius 3 is 2.54 bits per heavy atom. The lowest BCUT2D eigenvalue weighted by Crippen LogP contribution is -2.00. The molecule has 0 heterocycles. The first-order valence-corrected chi connectivity index (χ1v) is 4.64. The summed E-state index contributed by atoms with van der Waals surface area (Å²) in [5.41, 5.74) is 6.05. The average molecular weight is 199 g/mol. The van der Waals surface area contributed by atoms with Gasteiger partial charge < -0.3 is 10.3 Å². The predicted molar refractivity (Wildman–Crippen MR) is 49.9 cm³/mol. The molecule has 3 N–H and O–H groups in total. The van der Waals surface area contributed by atoms with Crippen LogP contribution in [-0.4, -0.2) is 14.5 Å². The van der Waals surface area contributed by atoms with Gasteiger partial charge in [0.2, 0.25) is 0 Å². The molecule has 1 aromatic carbocycles. The molecule has 0 aliphatic heterocycles. The van der Waals surface area contributed by atoms with Gasteiger partial charge in [-0.2, -0.15) is 0 Å². The van der Waals surface area contributed by atoms with Crippen molar-refractivity contribution >= 4 is 22.6 Å². The van der Waals surface area contributed by atoms with Crippen molar-refractivity contribution in [1.82, 2.24) is 0 Å². The van der Waals surface area contributed by atoms with Gasteiger partial charge in [-0.3, -0.25) is 4.79 Å². The van der Waals surface area contributed by atoms with Crippen molar-refractivity contribution < 1.29 is 13.6 Å². The lowest BCUT2D eigenvalue weighted by molar-refractivity contribution is 0.101. The lowest BCUT2D eigenvalue weighted by Gasteiger charge is -2.02. The van der Waals surface area contributed by atoms with E-state index in [1.54, 1.807) is 0 Å². The zero-order valence-corrected chi connectivity index (χ0v) is 7.80. The highest BCUT2D eigenvalue weighted by Crippen LogP contribution is 2.17. The van der Waals surface area contributed by atoms with Crippen LogP contribution in [0.4, 0.5) is 5.69 Å². The van der Waals surface area contributed by atoms with E-state index < -0.39 is 11.1 Å². The largest absolute Gasteiger partial charge is 0.398 e. The van der Waals surface area contributed by atoms with Crippen molar-refractivity contribution in [2.24, 2.45) is 0 Å².